The number of oxazole rings is 1. The van der Waals surface area contributed by atoms with E-state index in [4.69, 9.17) is 9.40 Å². The number of carbonyl (C=O) groups excluding carboxylic acids is 1. The highest BCUT2D eigenvalue weighted by Gasteiger charge is 2.27. The average Bonchev–Trinajstić information content (AvgIpc) is 3.40. The van der Waals surface area contributed by atoms with Crippen LogP contribution in [-0.4, -0.2) is 46.9 Å². The van der Waals surface area contributed by atoms with Crippen molar-refractivity contribution in [2.75, 3.05) is 26.2 Å². The van der Waals surface area contributed by atoms with Crippen molar-refractivity contribution in [1.82, 2.24) is 14.8 Å². The molecule has 1 unspecified atom stereocenters. The highest BCUT2D eigenvalue weighted by molar-refractivity contribution is 5.78. The van der Waals surface area contributed by atoms with Gasteiger partial charge in [0.25, 0.3) is 0 Å². The van der Waals surface area contributed by atoms with Crippen LogP contribution in [0.2, 0.25) is 0 Å². The number of piperidine rings is 1. The van der Waals surface area contributed by atoms with Gasteiger partial charge in [-0.15, -0.1) is 0 Å². The first-order valence-electron chi connectivity index (χ1n) is 11.8. The van der Waals surface area contributed by atoms with Crippen molar-refractivity contribution in [2.24, 2.45) is 5.92 Å². The van der Waals surface area contributed by atoms with Crippen LogP contribution in [0.4, 0.5) is 0 Å². The van der Waals surface area contributed by atoms with E-state index in [9.17, 15) is 4.79 Å². The van der Waals surface area contributed by atoms with Gasteiger partial charge in [-0.25, -0.2) is 4.98 Å². The highest BCUT2D eigenvalue weighted by Crippen LogP contribution is 2.27. The smallest absolute Gasteiger partial charge is 0.226 e. The van der Waals surface area contributed by atoms with Crippen molar-refractivity contribution in [3.63, 3.8) is 0 Å². The molecular weight excluding hydrogens is 398 g/mol. The molecule has 2 aromatic carbocycles. The molecule has 2 aliphatic rings. The highest BCUT2D eigenvalue weighted by atomic mass is 16.4. The minimum Gasteiger partial charge on any atom is -0.441 e. The first kappa shape index (κ1) is 21.0. The van der Waals surface area contributed by atoms with Crippen molar-refractivity contribution in [3.8, 4) is 22.6 Å². The average molecular weight is 430 g/mol. The second-order valence-corrected chi connectivity index (χ2v) is 9.15. The van der Waals surface area contributed by atoms with Crippen molar-refractivity contribution < 1.29 is 9.21 Å². The van der Waals surface area contributed by atoms with E-state index in [0.29, 0.717) is 17.7 Å². The Bertz CT molecular complexity index is 1060. The predicted molar refractivity (Wildman–Crippen MR) is 126 cm³/mol. The van der Waals surface area contributed by atoms with Crippen LogP contribution in [0, 0.1) is 12.8 Å². The van der Waals surface area contributed by atoms with Gasteiger partial charge in [-0.05, 0) is 61.9 Å². The van der Waals surface area contributed by atoms with Crippen LogP contribution in [0.1, 0.15) is 37.1 Å². The number of rotatable bonds is 6. The third kappa shape index (κ3) is 4.63. The Morgan fingerprint density at radius 1 is 0.969 bits per heavy atom. The summed E-state index contributed by atoms with van der Waals surface area (Å²) in [5.74, 6) is 2.47. The van der Waals surface area contributed by atoms with E-state index in [2.05, 4.69) is 58.3 Å². The van der Waals surface area contributed by atoms with E-state index in [0.717, 1.165) is 62.6 Å². The number of aryl methyl sites for hydroxylation is 1. The molecule has 3 aromatic rings. The summed E-state index contributed by atoms with van der Waals surface area (Å²) in [4.78, 5) is 21.4. The van der Waals surface area contributed by atoms with Crippen LogP contribution >= 0.6 is 0 Å². The van der Waals surface area contributed by atoms with Crippen molar-refractivity contribution in [1.29, 1.82) is 0 Å². The van der Waals surface area contributed by atoms with Crippen LogP contribution in [-0.2, 0) is 11.3 Å². The van der Waals surface area contributed by atoms with Gasteiger partial charge in [-0.3, -0.25) is 9.69 Å². The Balaban J connectivity index is 1.24. The fraction of sp³-hybridized carbons (Fsp3) is 0.407. The zero-order chi connectivity index (χ0) is 21.9. The minimum absolute atomic E-state index is 0.331. The van der Waals surface area contributed by atoms with Gasteiger partial charge in [0.05, 0.1) is 5.69 Å². The first-order valence-corrected chi connectivity index (χ1v) is 11.8. The molecule has 5 heteroatoms. The van der Waals surface area contributed by atoms with E-state index >= 15 is 0 Å². The molecule has 2 aliphatic heterocycles. The molecule has 5 rings (SSSR count). The molecule has 166 valence electrons. The van der Waals surface area contributed by atoms with E-state index in [1.807, 2.05) is 13.0 Å². The van der Waals surface area contributed by atoms with Crippen LogP contribution in [0.3, 0.4) is 0 Å². The maximum atomic E-state index is 12.0. The summed E-state index contributed by atoms with van der Waals surface area (Å²) in [6.45, 7) is 6.77. The fourth-order valence-corrected chi connectivity index (χ4v) is 5.00. The van der Waals surface area contributed by atoms with Gasteiger partial charge in [0, 0.05) is 38.2 Å². The Labute approximate surface area is 190 Å². The Kier molecular flexibility index (Phi) is 6.08. The molecule has 1 atom stereocenters. The molecule has 2 saturated heterocycles. The van der Waals surface area contributed by atoms with E-state index in [1.54, 1.807) is 0 Å². The van der Waals surface area contributed by atoms with Crippen LogP contribution in [0.5, 0.6) is 0 Å². The summed E-state index contributed by atoms with van der Waals surface area (Å²) in [6, 6.07) is 18.8. The number of hydrogen-bond donors (Lipinski definition) is 0. The molecule has 0 radical (unpaired) electrons. The van der Waals surface area contributed by atoms with Gasteiger partial charge in [-0.1, -0.05) is 42.5 Å². The molecule has 0 aliphatic carbocycles. The molecule has 5 nitrogen and oxygen atoms in total. The van der Waals surface area contributed by atoms with Crippen molar-refractivity contribution in [2.45, 2.75) is 39.2 Å². The molecule has 2 fully saturated rings. The summed E-state index contributed by atoms with van der Waals surface area (Å²) in [7, 11) is 0. The van der Waals surface area contributed by atoms with E-state index < -0.39 is 0 Å². The van der Waals surface area contributed by atoms with Crippen molar-refractivity contribution in [3.05, 3.63) is 66.1 Å². The van der Waals surface area contributed by atoms with Crippen LogP contribution < -0.4 is 0 Å². The summed E-state index contributed by atoms with van der Waals surface area (Å²) in [6.07, 6.45) is 4.13. The lowest BCUT2D eigenvalue weighted by molar-refractivity contribution is -0.128. The summed E-state index contributed by atoms with van der Waals surface area (Å²) >= 11 is 0. The summed E-state index contributed by atoms with van der Waals surface area (Å²) < 4.78 is 6.05. The lowest BCUT2D eigenvalue weighted by atomic mass is 9.97. The largest absolute Gasteiger partial charge is 0.441 e. The van der Waals surface area contributed by atoms with E-state index in [-0.39, 0.29) is 0 Å². The second kappa shape index (κ2) is 9.29. The van der Waals surface area contributed by atoms with Gasteiger partial charge in [0.15, 0.2) is 0 Å². The minimum atomic E-state index is 0.331. The third-order valence-electron chi connectivity index (χ3n) is 6.76. The monoisotopic (exact) mass is 429 g/mol. The van der Waals surface area contributed by atoms with Gasteiger partial charge in [0.1, 0.15) is 5.76 Å². The number of benzene rings is 2. The lowest BCUT2D eigenvalue weighted by Crippen LogP contribution is -2.41. The number of likely N-dealkylation sites (tertiary alicyclic amines) is 2. The number of amides is 1. The zero-order valence-corrected chi connectivity index (χ0v) is 18.8. The molecule has 0 saturated carbocycles. The molecule has 1 amide bonds. The zero-order valence-electron chi connectivity index (χ0n) is 18.8. The molecule has 3 heterocycles. The fourth-order valence-electron chi connectivity index (χ4n) is 5.00. The predicted octanol–water partition coefficient (Wildman–Crippen LogP) is 5.15. The van der Waals surface area contributed by atoms with Gasteiger partial charge in [0.2, 0.25) is 11.8 Å². The maximum Gasteiger partial charge on any atom is 0.226 e. The van der Waals surface area contributed by atoms with E-state index in [1.165, 1.54) is 24.0 Å². The Hall–Kier alpha value is -2.92. The number of carbonyl (C=O) groups is 1. The van der Waals surface area contributed by atoms with Gasteiger partial charge < -0.3 is 9.32 Å². The summed E-state index contributed by atoms with van der Waals surface area (Å²) in [5, 5.41) is 0. The number of hydrogen-bond acceptors (Lipinski definition) is 4. The Morgan fingerprint density at radius 2 is 1.72 bits per heavy atom. The second-order valence-electron chi connectivity index (χ2n) is 9.15. The first-order chi connectivity index (χ1) is 15.7. The molecule has 1 aromatic heterocycles. The van der Waals surface area contributed by atoms with Gasteiger partial charge >= 0.3 is 0 Å². The molecule has 32 heavy (non-hydrogen) atoms. The standard InChI is InChI=1S/C27H31N3O2/c1-20-25(19-29-15-5-7-21(17-29)18-30-16-6-10-26(30)31)28-27(32-20)24-13-11-23(12-14-24)22-8-3-2-4-9-22/h2-4,8-9,11-14,21H,5-7,10,15-19H2,1H3. The maximum absolute atomic E-state index is 12.0. The normalized spacial score (nSPS) is 19.6. The van der Waals surface area contributed by atoms with Crippen molar-refractivity contribution >= 4 is 5.91 Å². The third-order valence-corrected chi connectivity index (χ3v) is 6.76. The number of aromatic nitrogens is 1. The van der Waals surface area contributed by atoms with Crippen LogP contribution in [0.25, 0.3) is 22.6 Å². The molecular formula is C27H31N3O2. The van der Waals surface area contributed by atoms with Crippen LogP contribution in [0.15, 0.2) is 59.0 Å². The molecule has 0 spiro atoms. The Morgan fingerprint density at radius 3 is 2.47 bits per heavy atom. The SMILES string of the molecule is Cc1oc(-c2ccc(-c3ccccc3)cc2)nc1CN1CCCC(CN2CCCC2=O)C1. The molecule has 0 N–H and O–H groups in total. The lowest BCUT2D eigenvalue weighted by Gasteiger charge is -2.34. The number of nitrogens with zero attached hydrogens (tertiary/aromatic N) is 3. The topological polar surface area (TPSA) is 49.6 Å². The summed E-state index contributed by atoms with van der Waals surface area (Å²) in [5.41, 5.74) is 4.42. The molecule has 0 bridgehead atoms. The van der Waals surface area contributed by atoms with Gasteiger partial charge in [-0.2, -0.15) is 0 Å². The quantitative estimate of drug-likeness (QED) is 0.544.